The minimum Gasteiger partial charge on any atom is -0.352 e. The molecule has 0 aliphatic rings. The third-order valence-electron chi connectivity index (χ3n) is 3.59. The average Bonchev–Trinajstić information content (AvgIpc) is 2.47. The van der Waals surface area contributed by atoms with E-state index in [1.54, 1.807) is 11.8 Å². The minimum atomic E-state index is 0.0636. The maximum Gasteiger partial charge on any atom is 0.252 e. The van der Waals surface area contributed by atoms with Crippen molar-refractivity contribution in [1.82, 2.24) is 5.32 Å². The fourth-order valence-corrected chi connectivity index (χ4v) is 3.24. The quantitative estimate of drug-likeness (QED) is 0.640. The molecule has 0 saturated heterocycles. The molecule has 0 saturated carbocycles. The molecule has 118 valence electrons. The fourth-order valence-electron chi connectivity index (χ4n) is 2.29. The van der Waals surface area contributed by atoms with Crippen molar-refractivity contribution in [3.8, 4) is 0 Å². The maximum atomic E-state index is 12.4. The van der Waals surface area contributed by atoms with E-state index >= 15 is 0 Å². The number of nitrogens with one attached hydrogen (secondary N) is 1. The first-order chi connectivity index (χ1) is 10.1. The summed E-state index contributed by atoms with van der Waals surface area (Å²) in [4.78, 5) is 13.5. The van der Waals surface area contributed by atoms with Crippen LogP contribution in [0.4, 0.5) is 0 Å². The van der Waals surface area contributed by atoms with Crippen LogP contribution in [0.25, 0.3) is 0 Å². The van der Waals surface area contributed by atoms with Gasteiger partial charge < -0.3 is 5.32 Å². The summed E-state index contributed by atoms with van der Waals surface area (Å²) in [6.45, 7) is 9.50. The molecule has 1 atom stereocenters. The number of hydrogen-bond acceptors (Lipinski definition) is 2. The third-order valence-corrected chi connectivity index (χ3v) is 4.67. The van der Waals surface area contributed by atoms with Crippen molar-refractivity contribution >= 4 is 17.7 Å². The molecule has 0 heterocycles. The van der Waals surface area contributed by atoms with E-state index in [0.717, 1.165) is 23.4 Å². The van der Waals surface area contributed by atoms with Crippen molar-refractivity contribution in [1.29, 1.82) is 0 Å². The van der Waals surface area contributed by atoms with Gasteiger partial charge in [0.1, 0.15) is 0 Å². The highest BCUT2D eigenvalue weighted by atomic mass is 32.2. The number of thioether (sulfide) groups is 1. The van der Waals surface area contributed by atoms with Crippen molar-refractivity contribution in [2.45, 2.75) is 63.5 Å². The molecule has 0 bridgehead atoms. The molecule has 1 amide bonds. The van der Waals surface area contributed by atoms with E-state index < -0.39 is 0 Å². The van der Waals surface area contributed by atoms with E-state index in [1.165, 1.54) is 19.3 Å². The molecule has 3 heteroatoms. The Morgan fingerprint density at radius 1 is 1.24 bits per heavy atom. The van der Waals surface area contributed by atoms with Gasteiger partial charge in [0, 0.05) is 16.7 Å². The zero-order valence-electron chi connectivity index (χ0n) is 13.8. The molecule has 2 nitrogen and oxygen atoms in total. The summed E-state index contributed by atoms with van der Waals surface area (Å²) in [5, 5.41) is 3.60. The first-order valence-corrected chi connectivity index (χ1v) is 9.00. The smallest absolute Gasteiger partial charge is 0.252 e. The van der Waals surface area contributed by atoms with Gasteiger partial charge in [0.15, 0.2) is 0 Å². The molecule has 0 aliphatic heterocycles. The van der Waals surface area contributed by atoms with Crippen LogP contribution in [-0.4, -0.2) is 17.7 Å². The number of amides is 1. The van der Waals surface area contributed by atoms with Crippen LogP contribution in [0.2, 0.25) is 0 Å². The van der Waals surface area contributed by atoms with E-state index in [1.807, 2.05) is 24.3 Å². The van der Waals surface area contributed by atoms with E-state index in [2.05, 4.69) is 33.0 Å². The second kappa shape index (κ2) is 9.88. The molecule has 21 heavy (non-hydrogen) atoms. The topological polar surface area (TPSA) is 29.1 Å². The predicted molar refractivity (Wildman–Crippen MR) is 93.1 cm³/mol. The van der Waals surface area contributed by atoms with Gasteiger partial charge in [-0.2, -0.15) is 0 Å². The van der Waals surface area contributed by atoms with Crippen LogP contribution >= 0.6 is 11.8 Å². The Morgan fingerprint density at radius 2 is 1.95 bits per heavy atom. The number of hydrogen-bond donors (Lipinski definition) is 1. The summed E-state index contributed by atoms with van der Waals surface area (Å²) >= 11 is 1.75. The standard InChI is InChI=1S/C18H29NOS/c1-5-7-10-15(6-2)13-19-18(20)16-11-8-9-12-17(16)21-14(3)4/h8-9,11-12,14-15H,5-7,10,13H2,1-4H3,(H,19,20)/t15-/m0/s1. The molecule has 0 radical (unpaired) electrons. The number of carbonyl (C=O) groups excluding carboxylic acids is 1. The summed E-state index contributed by atoms with van der Waals surface area (Å²) in [6, 6.07) is 7.90. The fraction of sp³-hybridized carbons (Fsp3) is 0.611. The van der Waals surface area contributed by atoms with Crippen molar-refractivity contribution < 1.29 is 4.79 Å². The van der Waals surface area contributed by atoms with Gasteiger partial charge in [-0.15, -0.1) is 11.8 Å². The lowest BCUT2D eigenvalue weighted by Crippen LogP contribution is -2.29. The van der Waals surface area contributed by atoms with Crippen molar-refractivity contribution in [3.63, 3.8) is 0 Å². The highest BCUT2D eigenvalue weighted by Crippen LogP contribution is 2.26. The monoisotopic (exact) mass is 307 g/mol. The van der Waals surface area contributed by atoms with Crippen LogP contribution < -0.4 is 5.32 Å². The van der Waals surface area contributed by atoms with Gasteiger partial charge in [-0.05, 0) is 24.5 Å². The SMILES string of the molecule is CCCC[C@H](CC)CNC(=O)c1ccccc1SC(C)C. The average molecular weight is 308 g/mol. The Hall–Kier alpha value is -0.960. The first kappa shape index (κ1) is 18.1. The zero-order chi connectivity index (χ0) is 15.7. The number of benzene rings is 1. The Balaban J connectivity index is 2.62. The molecule has 1 aromatic carbocycles. The Bertz CT molecular complexity index is 431. The highest BCUT2D eigenvalue weighted by molar-refractivity contribution is 8.00. The van der Waals surface area contributed by atoms with Crippen LogP contribution in [-0.2, 0) is 0 Å². The van der Waals surface area contributed by atoms with Gasteiger partial charge >= 0.3 is 0 Å². The molecule has 1 N–H and O–H groups in total. The summed E-state index contributed by atoms with van der Waals surface area (Å²) < 4.78 is 0. The largest absolute Gasteiger partial charge is 0.352 e. The normalized spacial score (nSPS) is 12.4. The Kier molecular flexibility index (Phi) is 8.51. The van der Waals surface area contributed by atoms with Crippen LogP contribution in [0.5, 0.6) is 0 Å². The zero-order valence-corrected chi connectivity index (χ0v) is 14.6. The van der Waals surface area contributed by atoms with Crippen LogP contribution in [0.15, 0.2) is 29.2 Å². The van der Waals surface area contributed by atoms with E-state index in [4.69, 9.17) is 0 Å². The van der Waals surface area contributed by atoms with Gasteiger partial charge in [-0.1, -0.05) is 59.1 Å². The molecule has 1 rings (SSSR count). The number of rotatable bonds is 9. The number of carbonyl (C=O) groups is 1. The summed E-state index contributed by atoms with van der Waals surface area (Å²) in [5.74, 6) is 0.660. The van der Waals surface area contributed by atoms with Crippen molar-refractivity contribution in [2.24, 2.45) is 5.92 Å². The predicted octanol–water partition coefficient (Wildman–Crippen LogP) is 5.13. The lowest BCUT2D eigenvalue weighted by Gasteiger charge is -2.16. The van der Waals surface area contributed by atoms with Crippen molar-refractivity contribution in [3.05, 3.63) is 29.8 Å². The van der Waals surface area contributed by atoms with E-state index in [9.17, 15) is 4.79 Å². The second-order valence-corrected chi connectivity index (χ2v) is 7.41. The first-order valence-electron chi connectivity index (χ1n) is 8.12. The summed E-state index contributed by atoms with van der Waals surface area (Å²) in [6.07, 6.45) is 4.80. The molecular weight excluding hydrogens is 278 g/mol. The highest BCUT2D eigenvalue weighted by Gasteiger charge is 2.14. The molecule has 0 fully saturated rings. The van der Waals surface area contributed by atoms with Gasteiger partial charge in [0.25, 0.3) is 5.91 Å². The number of unbranched alkanes of at least 4 members (excludes halogenated alkanes) is 1. The van der Waals surface area contributed by atoms with E-state index in [0.29, 0.717) is 11.2 Å². The lowest BCUT2D eigenvalue weighted by atomic mass is 9.99. The van der Waals surface area contributed by atoms with Crippen LogP contribution in [0, 0.1) is 5.92 Å². The molecule has 0 aliphatic carbocycles. The summed E-state index contributed by atoms with van der Waals surface area (Å²) in [7, 11) is 0. The van der Waals surface area contributed by atoms with Crippen LogP contribution in [0.1, 0.15) is 63.7 Å². The van der Waals surface area contributed by atoms with Gasteiger partial charge in [-0.3, -0.25) is 4.79 Å². The third kappa shape index (κ3) is 6.56. The summed E-state index contributed by atoms with van der Waals surface area (Å²) in [5.41, 5.74) is 0.807. The van der Waals surface area contributed by atoms with Gasteiger partial charge in [-0.25, -0.2) is 0 Å². The Morgan fingerprint density at radius 3 is 2.57 bits per heavy atom. The molecule has 0 aromatic heterocycles. The molecular formula is C18H29NOS. The molecule has 0 spiro atoms. The van der Waals surface area contributed by atoms with Gasteiger partial charge in [0.2, 0.25) is 0 Å². The molecule has 1 aromatic rings. The van der Waals surface area contributed by atoms with E-state index in [-0.39, 0.29) is 5.91 Å². The lowest BCUT2D eigenvalue weighted by molar-refractivity contribution is 0.0943. The Labute approximate surface area is 134 Å². The van der Waals surface area contributed by atoms with Crippen LogP contribution in [0.3, 0.4) is 0 Å². The maximum absolute atomic E-state index is 12.4. The molecule has 0 unspecified atom stereocenters. The minimum absolute atomic E-state index is 0.0636. The second-order valence-electron chi connectivity index (χ2n) is 5.79. The van der Waals surface area contributed by atoms with Crippen molar-refractivity contribution in [2.75, 3.05) is 6.54 Å². The van der Waals surface area contributed by atoms with Gasteiger partial charge in [0.05, 0.1) is 5.56 Å².